The standard InChI is InChI=1S/C7H6F2N2O3/c1-14-6-4(7(12)13)10-2-3(11-6)5(8)9/h2,5H,1H3,(H,12,13). The van der Waals surface area contributed by atoms with Crippen LogP contribution in [0.5, 0.6) is 5.88 Å². The quantitative estimate of drug-likeness (QED) is 0.798. The molecule has 0 spiro atoms. The molecule has 14 heavy (non-hydrogen) atoms. The highest BCUT2D eigenvalue weighted by Crippen LogP contribution is 2.20. The van der Waals surface area contributed by atoms with E-state index in [1.54, 1.807) is 0 Å². The summed E-state index contributed by atoms with van der Waals surface area (Å²) in [6.45, 7) is 0. The van der Waals surface area contributed by atoms with Gasteiger partial charge in [-0.3, -0.25) is 0 Å². The zero-order valence-electron chi connectivity index (χ0n) is 7.07. The number of aromatic carboxylic acids is 1. The van der Waals surface area contributed by atoms with E-state index >= 15 is 0 Å². The van der Waals surface area contributed by atoms with Crippen molar-refractivity contribution in [3.05, 3.63) is 17.6 Å². The first-order valence-electron chi connectivity index (χ1n) is 3.48. The van der Waals surface area contributed by atoms with E-state index in [0.29, 0.717) is 6.20 Å². The van der Waals surface area contributed by atoms with E-state index in [2.05, 4.69) is 14.7 Å². The minimum atomic E-state index is -2.81. The fourth-order valence-corrected chi connectivity index (χ4v) is 0.779. The number of hydrogen-bond acceptors (Lipinski definition) is 4. The number of carboxylic acid groups (broad SMARTS) is 1. The summed E-state index contributed by atoms with van der Waals surface area (Å²) < 4.78 is 28.7. The molecule has 0 bridgehead atoms. The molecule has 0 radical (unpaired) electrons. The van der Waals surface area contributed by atoms with Gasteiger partial charge in [0.05, 0.1) is 13.3 Å². The van der Waals surface area contributed by atoms with Gasteiger partial charge in [-0.15, -0.1) is 0 Å². The van der Waals surface area contributed by atoms with Gasteiger partial charge in [-0.1, -0.05) is 0 Å². The Labute approximate surface area is 77.4 Å². The van der Waals surface area contributed by atoms with Crippen LogP contribution in [0.3, 0.4) is 0 Å². The first-order chi connectivity index (χ1) is 6.56. The van der Waals surface area contributed by atoms with Crippen molar-refractivity contribution >= 4 is 5.97 Å². The maximum atomic E-state index is 12.1. The van der Waals surface area contributed by atoms with Crippen LogP contribution >= 0.6 is 0 Å². The van der Waals surface area contributed by atoms with Gasteiger partial charge >= 0.3 is 5.97 Å². The van der Waals surface area contributed by atoms with Crippen molar-refractivity contribution in [3.63, 3.8) is 0 Å². The number of aromatic nitrogens is 2. The monoisotopic (exact) mass is 204 g/mol. The lowest BCUT2D eigenvalue weighted by molar-refractivity contribution is 0.0684. The second kappa shape index (κ2) is 3.95. The summed E-state index contributed by atoms with van der Waals surface area (Å²) in [6.07, 6.45) is -2.10. The molecule has 0 saturated heterocycles. The first-order valence-corrected chi connectivity index (χ1v) is 3.48. The highest BCUT2D eigenvalue weighted by atomic mass is 19.3. The minimum absolute atomic E-state index is 0.421. The molecule has 0 atom stereocenters. The van der Waals surface area contributed by atoms with Gasteiger partial charge in [0.15, 0.2) is 0 Å². The molecule has 0 aliphatic rings. The third-order valence-electron chi connectivity index (χ3n) is 1.38. The van der Waals surface area contributed by atoms with Crippen LogP contribution in [0, 0.1) is 0 Å². The molecule has 76 valence electrons. The molecule has 1 aromatic heterocycles. The molecule has 0 aliphatic carbocycles. The van der Waals surface area contributed by atoms with E-state index in [0.717, 1.165) is 7.11 Å². The number of alkyl halides is 2. The Morgan fingerprint density at radius 1 is 1.64 bits per heavy atom. The average molecular weight is 204 g/mol. The highest BCUT2D eigenvalue weighted by Gasteiger charge is 2.18. The van der Waals surface area contributed by atoms with Crippen LogP contribution in [0.15, 0.2) is 6.20 Å². The fourth-order valence-electron chi connectivity index (χ4n) is 0.779. The van der Waals surface area contributed by atoms with Crippen LogP contribution in [-0.2, 0) is 0 Å². The maximum Gasteiger partial charge on any atom is 0.360 e. The largest absolute Gasteiger partial charge is 0.479 e. The zero-order valence-corrected chi connectivity index (χ0v) is 7.07. The van der Waals surface area contributed by atoms with Crippen LogP contribution in [0.4, 0.5) is 8.78 Å². The Morgan fingerprint density at radius 3 is 2.71 bits per heavy atom. The molecular formula is C7H6F2N2O3. The average Bonchev–Trinajstić information content (AvgIpc) is 2.16. The summed E-state index contributed by atoms with van der Waals surface area (Å²) in [6, 6.07) is 0. The van der Waals surface area contributed by atoms with Crippen LogP contribution in [-0.4, -0.2) is 28.2 Å². The second-order valence-corrected chi connectivity index (χ2v) is 2.26. The van der Waals surface area contributed by atoms with Crippen LogP contribution in [0.25, 0.3) is 0 Å². The van der Waals surface area contributed by atoms with E-state index in [-0.39, 0.29) is 0 Å². The topological polar surface area (TPSA) is 72.3 Å². The number of rotatable bonds is 3. The summed E-state index contributed by atoms with van der Waals surface area (Å²) in [5, 5.41) is 8.56. The van der Waals surface area contributed by atoms with Crippen molar-refractivity contribution in [1.29, 1.82) is 0 Å². The molecule has 1 rings (SSSR count). The number of halogens is 2. The SMILES string of the molecule is COc1nc(C(F)F)cnc1C(=O)O. The maximum absolute atomic E-state index is 12.1. The highest BCUT2D eigenvalue weighted by molar-refractivity contribution is 5.87. The van der Waals surface area contributed by atoms with Gasteiger partial charge in [0.25, 0.3) is 6.43 Å². The Morgan fingerprint density at radius 2 is 2.29 bits per heavy atom. The summed E-state index contributed by atoms with van der Waals surface area (Å²) in [4.78, 5) is 17.1. The molecule has 0 fully saturated rings. The molecule has 0 unspecified atom stereocenters. The lowest BCUT2D eigenvalue weighted by atomic mass is 10.4. The molecule has 1 N–H and O–H groups in total. The van der Waals surface area contributed by atoms with Gasteiger partial charge in [0.1, 0.15) is 5.69 Å². The van der Waals surface area contributed by atoms with Gasteiger partial charge in [-0.2, -0.15) is 0 Å². The Hall–Kier alpha value is -1.79. The van der Waals surface area contributed by atoms with E-state index in [1.165, 1.54) is 0 Å². The summed E-state index contributed by atoms with van der Waals surface area (Å²) in [7, 11) is 1.13. The lowest BCUT2D eigenvalue weighted by Crippen LogP contribution is -2.07. The number of carbonyl (C=O) groups is 1. The second-order valence-electron chi connectivity index (χ2n) is 2.26. The number of carboxylic acids is 1. The number of ether oxygens (including phenoxy) is 1. The molecule has 5 nitrogen and oxygen atoms in total. The third kappa shape index (κ3) is 1.93. The van der Waals surface area contributed by atoms with Crippen LogP contribution < -0.4 is 4.74 Å². The zero-order chi connectivity index (χ0) is 10.7. The van der Waals surface area contributed by atoms with Crippen molar-refractivity contribution < 1.29 is 23.4 Å². The Bertz CT molecular complexity index is 357. The van der Waals surface area contributed by atoms with Gasteiger partial charge in [-0.25, -0.2) is 23.5 Å². The van der Waals surface area contributed by atoms with E-state index in [9.17, 15) is 13.6 Å². The van der Waals surface area contributed by atoms with Gasteiger partial charge in [-0.05, 0) is 0 Å². The lowest BCUT2D eigenvalue weighted by Gasteiger charge is -2.04. The van der Waals surface area contributed by atoms with Crippen molar-refractivity contribution in [2.24, 2.45) is 0 Å². The Balaban J connectivity index is 3.18. The number of methoxy groups -OCH3 is 1. The van der Waals surface area contributed by atoms with Gasteiger partial charge in [0, 0.05) is 0 Å². The molecule has 0 aromatic carbocycles. The van der Waals surface area contributed by atoms with Crippen molar-refractivity contribution in [2.75, 3.05) is 7.11 Å². The molecule has 0 aliphatic heterocycles. The summed E-state index contributed by atoms with van der Waals surface area (Å²) >= 11 is 0. The Kier molecular flexibility index (Phi) is 2.90. The number of hydrogen-bond donors (Lipinski definition) is 1. The van der Waals surface area contributed by atoms with E-state index < -0.39 is 29.7 Å². The van der Waals surface area contributed by atoms with Crippen molar-refractivity contribution in [1.82, 2.24) is 9.97 Å². The minimum Gasteiger partial charge on any atom is -0.479 e. The van der Waals surface area contributed by atoms with Crippen molar-refractivity contribution in [3.8, 4) is 5.88 Å². The molecule has 1 heterocycles. The predicted molar refractivity (Wildman–Crippen MR) is 40.5 cm³/mol. The number of nitrogens with zero attached hydrogens (tertiary/aromatic N) is 2. The first kappa shape index (κ1) is 10.3. The van der Waals surface area contributed by atoms with Gasteiger partial charge in [0.2, 0.25) is 11.6 Å². The summed E-state index contributed by atoms with van der Waals surface area (Å²) in [5.74, 6) is -1.80. The van der Waals surface area contributed by atoms with Gasteiger partial charge < -0.3 is 9.84 Å². The van der Waals surface area contributed by atoms with Crippen LogP contribution in [0.2, 0.25) is 0 Å². The fraction of sp³-hybridized carbons (Fsp3) is 0.286. The summed E-state index contributed by atoms with van der Waals surface area (Å²) in [5.41, 5.74) is -1.11. The molecule has 0 amide bonds. The molecule has 0 saturated carbocycles. The van der Waals surface area contributed by atoms with E-state index in [4.69, 9.17) is 5.11 Å². The smallest absolute Gasteiger partial charge is 0.360 e. The third-order valence-corrected chi connectivity index (χ3v) is 1.38. The van der Waals surface area contributed by atoms with Crippen molar-refractivity contribution in [2.45, 2.75) is 6.43 Å². The molecular weight excluding hydrogens is 198 g/mol. The predicted octanol–water partition coefficient (Wildman–Crippen LogP) is 1.12. The molecule has 7 heteroatoms. The molecule has 1 aromatic rings. The normalized spacial score (nSPS) is 10.3. The van der Waals surface area contributed by atoms with E-state index in [1.807, 2.05) is 0 Å². The van der Waals surface area contributed by atoms with Crippen LogP contribution in [0.1, 0.15) is 22.6 Å².